The molecule has 0 heterocycles. The van der Waals surface area contributed by atoms with Gasteiger partial charge in [-0.05, 0) is 24.3 Å². The maximum atomic E-state index is 13.4. The zero-order valence-corrected chi connectivity index (χ0v) is 11.8. The van der Waals surface area contributed by atoms with Gasteiger partial charge in [-0.1, -0.05) is 0 Å². The van der Waals surface area contributed by atoms with E-state index in [0.29, 0.717) is 6.07 Å². The van der Waals surface area contributed by atoms with Crippen LogP contribution in [0.3, 0.4) is 0 Å². The molecule has 126 valence electrons. The summed E-state index contributed by atoms with van der Waals surface area (Å²) in [4.78, 5) is 23.2. The minimum Gasteiger partial charge on any atom is -0.343 e. The van der Waals surface area contributed by atoms with E-state index in [1.807, 2.05) is 5.32 Å². The smallest absolute Gasteiger partial charge is 0.254 e. The second-order valence-corrected chi connectivity index (χ2v) is 4.58. The number of nitrogens with one attached hydrogen (secondary N) is 2. The Labute approximate surface area is 132 Å². The zero-order valence-electron chi connectivity index (χ0n) is 11.8. The highest BCUT2D eigenvalue weighted by molar-refractivity contribution is 5.99. The molecule has 0 aliphatic rings. The number of halogens is 5. The zero-order chi connectivity index (χ0) is 17.9. The van der Waals surface area contributed by atoms with Gasteiger partial charge in [-0.2, -0.15) is 0 Å². The van der Waals surface area contributed by atoms with Crippen LogP contribution in [-0.4, -0.2) is 18.4 Å². The molecule has 0 saturated carbocycles. The first kappa shape index (κ1) is 17.4. The molecule has 0 unspecified atom stereocenters. The van der Waals surface area contributed by atoms with E-state index < -0.39 is 53.0 Å². The molecular weight excluding hydrogens is 335 g/mol. The Kier molecular flexibility index (Phi) is 5.12. The molecule has 0 saturated heterocycles. The molecule has 9 heteroatoms. The van der Waals surface area contributed by atoms with Gasteiger partial charge in [-0.3, -0.25) is 9.59 Å². The minimum atomic E-state index is -1.81. The van der Waals surface area contributed by atoms with Crippen LogP contribution >= 0.6 is 0 Å². The molecule has 0 aromatic heterocycles. The number of carbonyl (C=O) groups excluding carboxylic acids is 2. The largest absolute Gasteiger partial charge is 0.343 e. The number of carbonyl (C=O) groups is 2. The first-order valence-corrected chi connectivity index (χ1v) is 6.46. The summed E-state index contributed by atoms with van der Waals surface area (Å²) < 4.78 is 64.9. The average molecular weight is 344 g/mol. The molecule has 4 nitrogen and oxygen atoms in total. The molecule has 2 aromatic rings. The van der Waals surface area contributed by atoms with Gasteiger partial charge in [0, 0.05) is 11.8 Å². The molecule has 0 aliphatic heterocycles. The van der Waals surface area contributed by atoms with E-state index in [4.69, 9.17) is 0 Å². The number of amides is 2. The van der Waals surface area contributed by atoms with Gasteiger partial charge in [-0.25, -0.2) is 22.0 Å². The highest BCUT2D eigenvalue weighted by atomic mass is 19.2. The van der Waals surface area contributed by atoms with E-state index in [2.05, 4.69) is 5.32 Å². The van der Waals surface area contributed by atoms with Crippen molar-refractivity contribution in [3.05, 3.63) is 65.0 Å². The van der Waals surface area contributed by atoms with Crippen molar-refractivity contribution < 1.29 is 31.5 Å². The molecule has 0 atom stereocenters. The molecule has 0 spiro atoms. The SMILES string of the molecule is O=C(CNC(=O)c1ccc(F)c(F)c1F)Nc1ccc(F)c(F)c1. The van der Waals surface area contributed by atoms with Crippen LogP contribution in [0.5, 0.6) is 0 Å². The van der Waals surface area contributed by atoms with E-state index >= 15 is 0 Å². The Bertz CT molecular complexity index is 811. The maximum absolute atomic E-state index is 13.4. The van der Waals surface area contributed by atoms with Crippen LogP contribution in [-0.2, 0) is 4.79 Å². The Morgan fingerprint density at radius 1 is 0.833 bits per heavy atom. The van der Waals surface area contributed by atoms with Crippen molar-refractivity contribution in [1.29, 1.82) is 0 Å². The van der Waals surface area contributed by atoms with Crippen molar-refractivity contribution >= 4 is 17.5 Å². The number of anilines is 1. The van der Waals surface area contributed by atoms with Crippen LogP contribution < -0.4 is 10.6 Å². The summed E-state index contributed by atoms with van der Waals surface area (Å²) in [6.45, 7) is -0.656. The van der Waals surface area contributed by atoms with Crippen molar-refractivity contribution in [1.82, 2.24) is 5.32 Å². The van der Waals surface area contributed by atoms with E-state index in [0.717, 1.165) is 24.3 Å². The van der Waals surface area contributed by atoms with Crippen LogP contribution in [0.2, 0.25) is 0 Å². The van der Waals surface area contributed by atoms with Gasteiger partial charge in [0.2, 0.25) is 5.91 Å². The van der Waals surface area contributed by atoms with E-state index in [1.54, 1.807) is 0 Å². The normalized spacial score (nSPS) is 10.4. The van der Waals surface area contributed by atoms with Crippen LogP contribution in [0.1, 0.15) is 10.4 Å². The highest BCUT2D eigenvalue weighted by Crippen LogP contribution is 2.15. The first-order valence-electron chi connectivity index (χ1n) is 6.46. The lowest BCUT2D eigenvalue weighted by Crippen LogP contribution is -2.33. The van der Waals surface area contributed by atoms with Crippen LogP contribution in [0.4, 0.5) is 27.6 Å². The van der Waals surface area contributed by atoms with Gasteiger partial charge in [0.1, 0.15) is 0 Å². The highest BCUT2D eigenvalue weighted by Gasteiger charge is 2.19. The fourth-order valence-electron chi connectivity index (χ4n) is 1.74. The third-order valence-corrected chi connectivity index (χ3v) is 2.89. The van der Waals surface area contributed by atoms with Crippen molar-refractivity contribution in [2.75, 3.05) is 11.9 Å². The van der Waals surface area contributed by atoms with Crippen LogP contribution in [0.15, 0.2) is 30.3 Å². The molecular formula is C15H9F5N2O2. The lowest BCUT2D eigenvalue weighted by Gasteiger charge is -2.08. The predicted molar refractivity (Wildman–Crippen MR) is 73.6 cm³/mol. The Hall–Kier alpha value is -2.97. The van der Waals surface area contributed by atoms with E-state index in [-0.39, 0.29) is 5.69 Å². The standard InChI is InChI=1S/C15H9F5N2O2/c16-9-3-1-7(5-11(9)18)22-12(23)6-21-15(24)8-2-4-10(17)14(20)13(8)19/h1-5H,6H2,(H,21,24)(H,22,23). The molecule has 0 bridgehead atoms. The van der Waals surface area contributed by atoms with Gasteiger partial charge in [-0.15, -0.1) is 0 Å². The maximum Gasteiger partial charge on any atom is 0.254 e. The summed E-state index contributed by atoms with van der Waals surface area (Å²) in [6.07, 6.45) is 0. The minimum absolute atomic E-state index is 0.0628. The summed E-state index contributed by atoms with van der Waals surface area (Å²) in [7, 11) is 0. The summed E-state index contributed by atoms with van der Waals surface area (Å²) >= 11 is 0. The van der Waals surface area contributed by atoms with Crippen molar-refractivity contribution in [2.45, 2.75) is 0 Å². The van der Waals surface area contributed by atoms with Gasteiger partial charge >= 0.3 is 0 Å². The lowest BCUT2D eigenvalue weighted by atomic mass is 10.2. The third-order valence-electron chi connectivity index (χ3n) is 2.89. The summed E-state index contributed by atoms with van der Waals surface area (Å²) in [5.74, 6) is -9.21. The van der Waals surface area contributed by atoms with E-state index in [1.165, 1.54) is 0 Å². The Balaban J connectivity index is 1.97. The molecule has 2 rings (SSSR count). The van der Waals surface area contributed by atoms with Gasteiger partial charge in [0.05, 0.1) is 12.1 Å². The summed E-state index contributed by atoms with van der Waals surface area (Å²) in [6, 6.07) is 3.89. The Morgan fingerprint density at radius 2 is 1.50 bits per heavy atom. The number of benzene rings is 2. The van der Waals surface area contributed by atoms with Crippen molar-refractivity contribution in [3.8, 4) is 0 Å². The van der Waals surface area contributed by atoms with Crippen LogP contribution in [0.25, 0.3) is 0 Å². The number of hydrogen-bond acceptors (Lipinski definition) is 2. The molecule has 0 radical (unpaired) electrons. The monoisotopic (exact) mass is 344 g/mol. The number of hydrogen-bond donors (Lipinski definition) is 2. The molecule has 2 amide bonds. The topological polar surface area (TPSA) is 58.2 Å². The van der Waals surface area contributed by atoms with Gasteiger partial charge in [0.25, 0.3) is 5.91 Å². The van der Waals surface area contributed by atoms with E-state index in [9.17, 15) is 31.5 Å². The fraction of sp³-hybridized carbons (Fsp3) is 0.0667. The molecule has 0 aliphatic carbocycles. The second kappa shape index (κ2) is 7.07. The predicted octanol–water partition coefficient (Wildman–Crippen LogP) is 2.75. The van der Waals surface area contributed by atoms with Gasteiger partial charge < -0.3 is 10.6 Å². The summed E-state index contributed by atoms with van der Waals surface area (Å²) in [5, 5.41) is 4.15. The summed E-state index contributed by atoms with van der Waals surface area (Å²) in [5.41, 5.74) is -0.846. The fourth-order valence-corrected chi connectivity index (χ4v) is 1.74. The number of rotatable bonds is 4. The molecule has 0 fully saturated rings. The average Bonchev–Trinajstić information content (AvgIpc) is 2.54. The quantitative estimate of drug-likeness (QED) is 0.662. The first-order chi connectivity index (χ1) is 11.3. The van der Waals surface area contributed by atoms with Gasteiger partial charge in [0.15, 0.2) is 29.1 Å². The molecule has 24 heavy (non-hydrogen) atoms. The molecule has 2 aromatic carbocycles. The van der Waals surface area contributed by atoms with Crippen LogP contribution in [0, 0.1) is 29.1 Å². The third kappa shape index (κ3) is 3.86. The Morgan fingerprint density at radius 3 is 2.17 bits per heavy atom. The molecule has 2 N–H and O–H groups in total. The second-order valence-electron chi connectivity index (χ2n) is 4.58. The van der Waals surface area contributed by atoms with Crippen molar-refractivity contribution in [2.24, 2.45) is 0 Å². The van der Waals surface area contributed by atoms with Crippen molar-refractivity contribution in [3.63, 3.8) is 0 Å². The lowest BCUT2D eigenvalue weighted by molar-refractivity contribution is -0.115.